The summed E-state index contributed by atoms with van der Waals surface area (Å²) < 4.78 is 5.17. The number of benzene rings is 2. The van der Waals surface area contributed by atoms with E-state index in [1.165, 1.54) is 0 Å². The molecule has 6 nitrogen and oxygen atoms in total. The van der Waals surface area contributed by atoms with Gasteiger partial charge in [-0.15, -0.1) is 0 Å². The van der Waals surface area contributed by atoms with Gasteiger partial charge >= 0.3 is 5.97 Å². The first-order valence-corrected chi connectivity index (χ1v) is 10.8. The Morgan fingerprint density at radius 1 is 1.16 bits per heavy atom. The van der Waals surface area contributed by atoms with E-state index in [4.69, 9.17) is 9.73 Å². The van der Waals surface area contributed by atoms with Gasteiger partial charge in [-0.2, -0.15) is 0 Å². The molecule has 0 aromatic heterocycles. The average Bonchev–Trinajstić information content (AvgIpc) is 2.88. The third kappa shape index (κ3) is 4.79. The Bertz CT molecular complexity index is 969. The minimum absolute atomic E-state index is 0.0264. The van der Waals surface area contributed by atoms with E-state index >= 15 is 0 Å². The standard InChI is InChI=1S/C25H31N3O3/c1-6-17(3)23-25(30)28(16-22(29)31-7-2)21-14-13-19(27(4)5)15-20(21)24(26-23)18-11-9-8-10-12-18/h8-15,17,23H,6-7,16H2,1-5H3/t17-,23-/m0/s1. The Hall–Kier alpha value is -3.15. The molecule has 3 rings (SSSR count). The number of carbonyl (C=O) groups excluding carboxylic acids is 2. The van der Waals surface area contributed by atoms with Crippen LogP contribution in [-0.4, -0.2) is 50.9 Å². The molecule has 1 amide bonds. The normalized spacial score (nSPS) is 16.8. The van der Waals surface area contributed by atoms with Crippen molar-refractivity contribution < 1.29 is 14.3 Å². The van der Waals surface area contributed by atoms with Gasteiger partial charge in [-0.1, -0.05) is 50.6 Å². The molecule has 0 saturated carbocycles. The van der Waals surface area contributed by atoms with Crippen molar-refractivity contribution in [3.05, 3.63) is 59.7 Å². The molecule has 164 valence electrons. The molecule has 0 saturated heterocycles. The first kappa shape index (κ1) is 22.5. The van der Waals surface area contributed by atoms with E-state index in [9.17, 15) is 9.59 Å². The molecule has 0 fully saturated rings. The maximum absolute atomic E-state index is 13.6. The first-order valence-electron chi connectivity index (χ1n) is 10.8. The van der Waals surface area contributed by atoms with Gasteiger partial charge in [0.2, 0.25) is 0 Å². The van der Waals surface area contributed by atoms with Gasteiger partial charge in [0.1, 0.15) is 12.6 Å². The van der Waals surface area contributed by atoms with Gasteiger partial charge in [0.25, 0.3) is 5.91 Å². The van der Waals surface area contributed by atoms with Crippen molar-refractivity contribution in [2.24, 2.45) is 10.9 Å². The number of carbonyl (C=O) groups is 2. The molecule has 0 N–H and O–H groups in total. The van der Waals surface area contributed by atoms with Crippen molar-refractivity contribution in [1.29, 1.82) is 0 Å². The van der Waals surface area contributed by atoms with Crippen LogP contribution in [0.2, 0.25) is 0 Å². The van der Waals surface area contributed by atoms with E-state index in [0.717, 1.165) is 28.9 Å². The summed E-state index contributed by atoms with van der Waals surface area (Å²) in [4.78, 5) is 34.6. The van der Waals surface area contributed by atoms with E-state index in [0.29, 0.717) is 5.69 Å². The largest absolute Gasteiger partial charge is 0.465 e. The molecule has 0 radical (unpaired) electrons. The van der Waals surface area contributed by atoms with E-state index in [2.05, 4.69) is 0 Å². The molecular formula is C25H31N3O3. The summed E-state index contributed by atoms with van der Waals surface area (Å²) in [6.07, 6.45) is 0.800. The smallest absolute Gasteiger partial charge is 0.326 e. The van der Waals surface area contributed by atoms with Crippen LogP contribution in [0.25, 0.3) is 0 Å². The van der Waals surface area contributed by atoms with E-state index < -0.39 is 12.0 Å². The molecule has 0 aliphatic carbocycles. The fourth-order valence-corrected chi connectivity index (χ4v) is 3.69. The highest BCUT2D eigenvalue weighted by Crippen LogP contribution is 2.33. The predicted octanol–water partition coefficient (Wildman–Crippen LogP) is 3.91. The summed E-state index contributed by atoms with van der Waals surface area (Å²) in [5, 5.41) is 0. The molecule has 1 aliphatic rings. The summed E-state index contributed by atoms with van der Waals surface area (Å²) in [6, 6.07) is 15.2. The second kappa shape index (κ2) is 9.77. The van der Waals surface area contributed by atoms with Crippen molar-refractivity contribution >= 4 is 29.0 Å². The summed E-state index contributed by atoms with van der Waals surface area (Å²) in [5.41, 5.74) is 4.22. The maximum atomic E-state index is 13.6. The fourth-order valence-electron chi connectivity index (χ4n) is 3.69. The van der Waals surface area contributed by atoms with Crippen molar-refractivity contribution in [2.75, 3.05) is 37.0 Å². The summed E-state index contributed by atoms with van der Waals surface area (Å²) >= 11 is 0. The lowest BCUT2D eigenvalue weighted by Crippen LogP contribution is -2.43. The van der Waals surface area contributed by atoms with Gasteiger partial charge in [-0.05, 0) is 31.0 Å². The molecule has 0 spiro atoms. The van der Waals surface area contributed by atoms with Gasteiger partial charge < -0.3 is 9.64 Å². The number of hydrogen-bond donors (Lipinski definition) is 0. The lowest BCUT2D eigenvalue weighted by atomic mass is 9.97. The van der Waals surface area contributed by atoms with Crippen LogP contribution in [0.1, 0.15) is 38.3 Å². The molecule has 31 heavy (non-hydrogen) atoms. The minimum Gasteiger partial charge on any atom is -0.465 e. The van der Waals surface area contributed by atoms with Gasteiger partial charge in [0, 0.05) is 30.9 Å². The van der Waals surface area contributed by atoms with Crippen LogP contribution in [0.3, 0.4) is 0 Å². The number of aliphatic imine (C=N–C) groups is 1. The Morgan fingerprint density at radius 3 is 2.48 bits per heavy atom. The van der Waals surface area contributed by atoms with Crippen molar-refractivity contribution in [1.82, 2.24) is 0 Å². The predicted molar refractivity (Wildman–Crippen MR) is 125 cm³/mol. The second-order valence-electron chi connectivity index (χ2n) is 8.00. The van der Waals surface area contributed by atoms with E-state index in [1.54, 1.807) is 11.8 Å². The molecule has 1 heterocycles. The monoisotopic (exact) mass is 421 g/mol. The van der Waals surface area contributed by atoms with E-state index in [-0.39, 0.29) is 25.0 Å². The van der Waals surface area contributed by atoms with Crippen LogP contribution in [0, 0.1) is 5.92 Å². The van der Waals surface area contributed by atoms with Crippen LogP contribution in [0.4, 0.5) is 11.4 Å². The number of hydrogen-bond acceptors (Lipinski definition) is 5. The lowest BCUT2D eigenvalue weighted by Gasteiger charge is -2.27. The molecule has 2 atom stereocenters. The number of nitrogens with zero attached hydrogens (tertiary/aromatic N) is 3. The van der Waals surface area contributed by atoms with Gasteiger partial charge in [-0.3, -0.25) is 19.5 Å². The molecule has 2 aromatic rings. The molecule has 1 aliphatic heterocycles. The van der Waals surface area contributed by atoms with Crippen molar-refractivity contribution in [3.63, 3.8) is 0 Å². The maximum Gasteiger partial charge on any atom is 0.326 e. The lowest BCUT2D eigenvalue weighted by molar-refractivity contribution is -0.142. The molecule has 0 unspecified atom stereocenters. The summed E-state index contributed by atoms with van der Waals surface area (Å²) in [5.74, 6) is -0.574. The zero-order valence-electron chi connectivity index (χ0n) is 19.0. The van der Waals surface area contributed by atoms with Crippen LogP contribution in [0.5, 0.6) is 0 Å². The highest BCUT2D eigenvalue weighted by molar-refractivity contribution is 6.21. The van der Waals surface area contributed by atoms with Gasteiger partial charge in [0.15, 0.2) is 0 Å². The molecular weight excluding hydrogens is 390 g/mol. The quantitative estimate of drug-likeness (QED) is 0.636. The minimum atomic E-state index is -0.579. The number of benzodiazepines with no additional fused rings is 1. The van der Waals surface area contributed by atoms with Crippen molar-refractivity contribution in [3.8, 4) is 0 Å². The van der Waals surface area contributed by atoms with Crippen LogP contribution in [0.15, 0.2) is 53.5 Å². The van der Waals surface area contributed by atoms with Crippen LogP contribution in [-0.2, 0) is 14.3 Å². The number of esters is 1. The third-order valence-electron chi connectivity index (χ3n) is 5.65. The number of amides is 1. The SMILES string of the molecule is CCOC(=O)CN1C(=O)[C@H]([C@@H](C)CC)N=C(c2ccccc2)c2cc(N(C)C)ccc21. The topological polar surface area (TPSA) is 62.2 Å². The van der Waals surface area contributed by atoms with E-state index in [1.807, 2.05) is 81.4 Å². The Balaban J connectivity index is 2.25. The van der Waals surface area contributed by atoms with Gasteiger partial charge in [0.05, 0.1) is 18.0 Å². The van der Waals surface area contributed by atoms with Gasteiger partial charge in [-0.25, -0.2) is 0 Å². The first-order chi connectivity index (χ1) is 14.9. The molecule has 2 aromatic carbocycles. The zero-order valence-corrected chi connectivity index (χ0v) is 19.0. The highest BCUT2D eigenvalue weighted by atomic mass is 16.5. The number of fused-ring (bicyclic) bond motifs is 1. The number of ether oxygens (including phenoxy) is 1. The number of rotatable bonds is 7. The summed E-state index contributed by atoms with van der Waals surface area (Å²) in [6.45, 7) is 5.98. The Morgan fingerprint density at radius 2 is 1.87 bits per heavy atom. The number of anilines is 2. The second-order valence-corrected chi connectivity index (χ2v) is 8.00. The fraction of sp³-hybridized carbons (Fsp3) is 0.400. The van der Waals surface area contributed by atoms with Crippen LogP contribution < -0.4 is 9.80 Å². The molecule has 0 bridgehead atoms. The van der Waals surface area contributed by atoms with Crippen molar-refractivity contribution in [2.45, 2.75) is 33.2 Å². The Kier molecular flexibility index (Phi) is 7.10. The average molecular weight is 422 g/mol. The summed E-state index contributed by atoms with van der Waals surface area (Å²) in [7, 11) is 3.95. The third-order valence-corrected chi connectivity index (χ3v) is 5.65. The molecule has 6 heteroatoms. The Labute approximate surface area is 184 Å². The highest BCUT2D eigenvalue weighted by Gasteiger charge is 2.36. The van der Waals surface area contributed by atoms with Crippen LogP contribution >= 0.6 is 0 Å². The zero-order chi connectivity index (χ0) is 22.5.